The molecule has 5 nitrogen and oxygen atoms in total. The molecule has 5 aromatic rings. The Labute approximate surface area is 227 Å². The predicted octanol–water partition coefficient (Wildman–Crippen LogP) is 7.51. The van der Waals surface area contributed by atoms with Crippen LogP contribution in [0.1, 0.15) is 5.56 Å². The van der Waals surface area contributed by atoms with Crippen molar-refractivity contribution in [1.82, 2.24) is 10.4 Å². The van der Waals surface area contributed by atoms with Crippen LogP contribution >= 0.6 is 27.5 Å². The van der Waals surface area contributed by atoms with E-state index in [9.17, 15) is 4.79 Å². The molecule has 0 saturated carbocycles. The van der Waals surface area contributed by atoms with Gasteiger partial charge in [-0.05, 0) is 71.3 Å². The van der Waals surface area contributed by atoms with Crippen molar-refractivity contribution in [3.8, 4) is 28.1 Å². The Morgan fingerprint density at radius 3 is 2.43 bits per heavy atom. The molecule has 0 aliphatic heterocycles. The number of pyridine rings is 1. The Bertz CT molecular complexity index is 1570. The number of hydrogen-bond donors (Lipinski definition) is 1. The Hall–Kier alpha value is -4.00. The van der Waals surface area contributed by atoms with Gasteiger partial charge in [0.05, 0.1) is 17.4 Å². The van der Waals surface area contributed by atoms with E-state index >= 15 is 0 Å². The van der Waals surface area contributed by atoms with Gasteiger partial charge in [0.15, 0.2) is 6.61 Å². The zero-order valence-corrected chi connectivity index (χ0v) is 21.9. The fourth-order valence-corrected chi connectivity index (χ4v) is 4.27. The molecular formula is C30H21BrClN3O2. The Morgan fingerprint density at radius 1 is 0.919 bits per heavy atom. The highest BCUT2D eigenvalue weighted by Gasteiger charge is 2.11. The number of ether oxygens (including phenoxy) is 1. The Kier molecular flexibility index (Phi) is 7.59. The molecule has 0 fully saturated rings. The summed E-state index contributed by atoms with van der Waals surface area (Å²) in [5.41, 5.74) is 8.10. The summed E-state index contributed by atoms with van der Waals surface area (Å²) in [6.07, 6.45) is 1.58. The van der Waals surface area contributed by atoms with Gasteiger partial charge < -0.3 is 4.74 Å². The van der Waals surface area contributed by atoms with Gasteiger partial charge >= 0.3 is 0 Å². The number of nitrogens with zero attached hydrogens (tertiary/aromatic N) is 2. The van der Waals surface area contributed by atoms with Crippen molar-refractivity contribution >= 4 is 50.6 Å². The quantitative estimate of drug-likeness (QED) is 0.163. The van der Waals surface area contributed by atoms with Gasteiger partial charge in [-0.1, -0.05) is 76.1 Å². The van der Waals surface area contributed by atoms with Crippen LogP contribution in [0.3, 0.4) is 0 Å². The van der Waals surface area contributed by atoms with Crippen molar-refractivity contribution in [1.29, 1.82) is 0 Å². The maximum absolute atomic E-state index is 12.1. The number of hydrogen-bond acceptors (Lipinski definition) is 4. The van der Waals surface area contributed by atoms with Crippen molar-refractivity contribution < 1.29 is 9.53 Å². The molecule has 0 aliphatic carbocycles. The van der Waals surface area contributed by atoms with Gasteiger partial charge in [0.25, 0.3) is 5.91 Å². The van der Waals surface area contributed by atoms with E-state index in [2.05, 4.69) is 44.7 Å². The average Bonchev–Trinajstić information content (AvgIpc) is 2.93. The molecule has 182 valence electrons. The van der Waals surface area contributed by atoms with Gasteiger partial charge in [0.2, 0.25) is 0 Å². The molecule has 37 heavy (non-hydrogen) atoms. The number of aromatic nitrogens is 1. The summed E-state index contributed by atoms with van der Waals surface area (Å²) in [7, 11) is 0. The maximum atomic E-state index is 12.1. The van der Waals surface area contributed by atoms with Gasteiger partial charge in [-0.2, -0.15) is 5.10 Å². The second-order valence-electron chi connectivity index (χ2n) is 8.24. The van der Waals surface area contributed by atoms with Crippen LogP contribution in [0.2, 0.25) is 5.02 Å². The van der Waals surface area contributed by atoms with E-state index in [-0.39, 0.29) is 12.5 Å². The molecular weight excluding hydrogens is 550 g/mol. The first kappa shape index (κ1) is 24.7. The first-order valence-electron chi connectivity index (χ1n) is 11.5. The lowest BCUT2D eigenvalue weighted by atomic mass is 9.98. The van der Waals surface area contributed by atoms with Gasteiger partial charge in [0.1, 0.15) is 5.75 Å². The number of amides is 1. The van der Waals surface area contributed by atoms with Gasteiger partial charge in [0, 0.05) is 20.4 Å². The second kappa shape index (κ2) is 11.4. The Morgan fingerprint density at radius 2 is 1.68 bits per heavy atom. The Balaban J connectivity index is 1.29. The molecule has 5 rings (SSSR count). The lowest BCUT2D eigenvalue weighted by Gasteiger charge is -2.11. The van der Waals surface area contributed by atoms with Crippen LogP contribution in [0.15, 0.2) is 113 Å². The third kappa shape index (κ3) is 6.23. The minimum Gasteiger partial charge on any atom is -0.484 e. The minimum atomic E-state index is -0.349. The molecule has 0 atom stereocenters. The number of fused-ring (bicyclic) bond motifs is 1. The first-order chi connectivity index (χ1) is 18.0. The van der Waals surface area contributed by atoms with E-state index in [1.54, 1.807) is 6.21 Å². The summed E-state index contributed by atoms with van der Waals surface area (Å²) in [4.78, 5) is 16.9. The number of rotatable bonds is 7. The number of halogens is 2. The van der Waals surface area contributed by atoms with Gasteiger partial charge in [-0.25, -0.2) is 10.4 Å². The van der Waals surface area contributed by atoms with Crippen molar-refractivity contribution in [2.24, 2.45) is 5.10 Å². The summed E-state index contributed by atoms with van der Waals surface area (Å²) >= 11 is 9.65. The average molecular weight is 571 g/mol. The molecule has 0 saturated heterocycles. The van der Waals surface area contributed by atoms with E-state index in [0.717, 1.165) is 43.3 Å². The lowest BCUT2D eigenvalue weighted by molar-refractivity contribution is -0.123. The number of carbonyl (C=O) groups is 1. The summed E-state index contributed by atoms with van der Waals surface area (Å²) in [5, 5.41) is 5.64. The van der Waals surface area contributed by atoms with E-state index in [0.29, 0.717) is 10.8 Å². The van der Waals surface area contributed by atoms with Crippen LogP contribution in [0.4, 0.5) is 0 Å². The zero-order valence-electron chi connectivity index (χ0n) is 19.6. The molecule has 1 amide bonds. The lowest BCUT2D eigenvalue weighted by Crippen LogP contribution is -2.24. The highest BCUT2D eigenvalue weighted by atomic mass is 79.9. The van der Waals surface area contributed by atoms with Crippen molar-refractivity contribution in [2.45, 2.75) is 0 Å². The highest BCUT2D eigenvalue weighted by Crippen LogP contribution is 2.33. The highest BCUT2D eigenvalue weighted by molar-refractivity contribution is 9.10. The van der Waals surface area contributed by atoms with E-state index < -0.39 is 0 Å². The molecule has 0 unspecified atom stereocenters. The van der Waals surface area contributed by atoms with Crippen LogP contribution in [-0.2, 0) is 4.79 Å². The molecule has 0 aliphatic rings. The number of benzene rings is 4. The largest absolute Gasteiger partial charge is 0.484 e. The third-order valence-electron chi connectivity index (χ3n) is 5.65. The topological polar surface area (TPSA) is 63.6 Å². The molecule has 0 bridgehead atoms. The third-order valence-corrected chi connectivity index (χ3v) is 6.41. The van der Waals surface area contributed by atoms with E-state index in [4.69, 9.17) is 21.3 Å². The zero-order chi connectivity index (χ0) is 25.6. The van der Waals surface area contributed by atoms with E-state index in [1.165, 1.54) is 0 Å². The van der Waals surface area contributed by atoms with E-state index in [1.807, 2.05) is 84.9 Å². The van der Waals surface area contributed by atoms with Crippen molar-refractivity contribution in [2.75, 3.05) is 6.61 Å². The number of nitrogens with one attached hydrogen (secondary N) is 1. The monoisotopic (exact) mass is 569 g/mol. The SMILES string of the molecule is O=C(COc1ccc(-c2cc(-c3ccccc3)c3ccc(Cl)cc3n2)cc1)NN=Cc1ccc(Br)cc1. The molecule has 0 radical (unpaired) electrons. The normalized spacial score (nSPS) is 11.1. The first-order valence-corrected chi connectivity index (χ1v) is 12.7. The predicted molar refractivity (Wildman–Crippen MR) is 153 cm³/mol. The standard InChI is InChI=1S/C30H21BrClN3O2/c31-23-10-6-20(7-11-23)18-33-35-30(36)19-37-25-13-8-22(9-14-25)28-17-27(21-4-2-1-3-5-21)26-15-12-24(32)16-29(26)34-28/h1-18H,19H2,(H,35,36). The molecule has 0 spiro atoms. The summed E-state index contributed by atoms with van der Waals surface area (Å²) < 4.78 is 6.60. The number of carbonyl (C=O) groups excluding carboxylic acids is 1. The van der Waals surface area contributed by atoms with Crippen LogP contribution < -0.4 is 10.2 Å². The molecule has 1 N–H and O–H groups in total. The molecule has 4 aromatic carbocycles. The summed E-state index contributed by atoms with van der Waals surface area (Å²) in [6.45, 7) is -0.151. The maximum Gasteiger partial charge on any atom is 0.277 e. The van der Waals surface area contributed by atoms with Crippen LogP contribution in [0, 0.1) is 0 Å². The van der Waals surface area contributed by atoms with Gasteiger partial charge in [-0.3, -0.25) is 4.79 Å². The van der Waals surface area contributed by atoms with Crippen LogP contribution in [0.5, 0.6) is 5.75 Å². The second-order valence-corrected chi connectivity index (χ2v) is 9.59. The smallest absolute Gasteiger partial charge is 0.277 e. The van der Waals surface area contributed by atoms with Crippen molar-refractivity contribution in [3.05, 3.63) is 118 Å². The molecule has 7 heteroatoms. The van der Waals surface area contributed by atoms with Crippen molar-refractivity contribution in [3.63, 3.8) is 0 Å². The minimum absolute atomic E-state index is 0.151. The van der Waals surface area contributed by atoms with Gasteiger partial charge in [-0.15, -0.1) is 0 Å². The molecule has 1 aromatic heterocycles. The summed E-state index contributed by atoms with van der Waals surface area (Å²) in [5.74, 6) is 0.223. The summed E-state index contributed by atoms with van der Waals surface area (Å²) in [6, 6.07) is 33.1. The number of hydrazone groups is 1. The van der Waals surface area contributed by atoms with Crippen LogP contribution in [-0.4, -0.2) is 23.7 Å². The fraction of sp³-hybridized carbons (Fsp3) is 0.0333. The van der Waals surface area contributed by atoms with Crippen LogP contribution in [0.25, 0.3) is 33.3 Å². The molecule has 1 heterocycles. The fourth-order valence-electron chi connectivity index (χ4n) is 3.84.